The number of hydrogen-bond acceptors (Lipinski definition) is 6. The van der Waals surface area contributed by atoms with Gasteiger partial charge in [-0.05, 0) is 83.6 Å². The highest BCUT2D eigenvalue weighted by Gasteiger charge is 2.79. The first-order chi connectivity index (χ1) is 21.0. The van der Waals surface area contributed by atoms with Gasteiger partial charge in [-0.25, -0.2) is 0 Å². The molecule has 6 atom stereocenters. The molecule has 3 aliphatic rings. The van der Waals surface area contributed by atoms with Gasteiger partial charge < -0.3 is 29.3 Å². The summed E-state index contributed by atoms with van der Waals surface area (Å²) in [4.78, 5) is 49.1. The minimum absolute atomic E-state index is 0.0730. The van der Waals surface area contributed by atoms with Crippen molar-refractivity contribution in [2.45, 2.75) is 103 Å². The maximum atomic E-state index is 14.9. The van der Waals surface area contributed by atoms with E-state index in [1.54, 1.807) is 28.9 Å². The van der Waals surface area contributed by atoms with E-state index >= 15 is 0 Å². The molecule has 1 aromatic rings. The Morgan fingerprint density at radius 2 is 1.73 bits per heavy atom. The average Bonchev–Trinajstić information content (AvgIpc) is 3.53. The zero-order chi connectivity index (χ0) is 33.5. The van der Waals surface area contributed by atoms with Gasteiger partial charge in [-0.3, -0.25) is 14.4 Å². The zero-order valence-corrected chi connectivity index (χ0v) is 28.5. The summed E-state index contributed by atoms with van der Waals surface area (Å²) in [6.45, 7) is 24.6. The number of hydrogen-bond donors (Lipinski definition) is 1. The average molecular weight is 624 g/mol. The summed E-state index contributed by atoms with van der Waals surface area (Å²) in [6, 6.07) is 5.64. The first-order valence-electron chi connectivity index (χ1n) is 16.2. The summed E-state index contributed by atoms with van der Waals surface area (Å²) >= 11 is 0. The number of carbonyl (C=O) groups is 3. The number of ether oxygens (including phenoxy) is 2. The van der Waals surface area contributed by atoms with Crippen molar-refractivity contribution in [3.05, 3.63) is 49.6 Å². The molecule has 1 aromatic carbocycles. The number of likely N-dealkylation sites (tertiary alicyclic amines) is 1. The molecule has 9 heteroatoms. The Balaban J connectivity index is 1.80. The molecule has 2 bridgehead atoms. The number of aliphatic hydroxyl groups is 1. The molecule has 1 spiro atoms. The highest BCUT2D eigenvalue weighted by Crippen LogP contribution is 2.64. The van der Waals surface area contributed by atoms with Gasteiger partial charge in [0.1, 0.15) is 17.4 Å². The third-order valence-electron chi connectivity index (χ3n) is 9.76. The quantitative estimate of drug-likeness (QED) is 0.311. The van der Waals surface area contributed by atoms with Crippen LogP contribution < -0.4 is 9.64 Å². The van der Waals surface area contributed by atoms with Gasteiger partial charge in [0.25, 0.3) is 0 Å². The lowest BCUT2D eigenvalue weighted by Crippen LogP contribution is -2.62. The third kappa shape index (κ3) is 6.06. The molecule has 248 valence electrons. The van der Waals surface area contributed by atoms with Gasteiger partial charge >= 0.3 is 0 Å². The third-order valence-corrected chi connectivity index (χ3v) is 9.76. The predicted octanol–water partition coefficient (Wildman–Crippen LogP) is 4.98. The first-order valence-corrected chi connectivity index (χ1v) is 16.2. The number of anilines is 1. The lowest BCUT2D eigenvalue weighted by Gasteiger charge is -2.46. The summed E-state index contributed by atoms with van der Waals surface area (Å²) in [7, 11) is 0. The number of nitrogens with zero attached hydrogens (tertiary/aromatic N) is 3. The van der Waals surface area contributed by atoms with Gasteiger partial charge in [0.05, 0.1) is 36.7 Å². The molecule has 3 fully saturated rings. The fourth-order valence-corrected chi connectivity index (χ4v) is 8.40. The molecule has 3 amide bonds. The van der Waals surface area contributed by atoms with E-state index in [4.69, 9.17) is 9.47 Å². The van der Waals surface area contributed by atoms with Gasteiger partial charge in [0.15, 0.2) is 0 Å². The van der Waals surface area contributed by atoms with Crippen molar-refractivity contribution in [3.63, 3.8) is 0 Å². The summed E-state index contributed by atoms with van der Waals surface area (Å²) < 4.78 is 12.5. The Kier molecular flexibility index (Phi) is 9.68. The first kappa shape index (κ1) is 34.7. The van der Waals surface area contributed by atoms with Crippen molar-refractivity contribution in [2.75, 3.05) is 31.2 Å². The second-order valence-electron chi connectivity index (χ2n) is 15.0. The van der Waals surface area contributed by atoms with Crippen LogP contribution in [0.15, 0.2) is 49.6 Å². The standard InChI is InChI=1S/C36H53N3O6/c1-11-20-37(25-14-16-26(17-15-25)44-13-3)30(41)27-28-31(42)39(24(4)22-40)29(36(28)19-18-35(27,10)45-36)32(43)38(21-12-2)34(8,9)23-33(5,6)7/h11-12,14-17,24,27-29,40H,1-2,13,18-23H2,3-10H3/t24-,27+,28+,29?,35-,36?/m1/s1. The molecule has 3 saturated heterocycles. The lowest BCUT2D eigenvalue weighted by molar-refractivity contribution is -0.158. The molecule has 3 heterocycles. The molecule has 1 N–H and O–H groups in total. The second kappa shape index (κ2) is 12.6. The van der Waals surface area contributed by atoms with E-state index in [0.717, 1.165) is 0 Å². The number of rotatable bonds is 13. The molecule has 0 saturated carbocycles. The van der Waals surface area contributed by atoms with Crippen LogP contribution in [0, 0.1) is 17.3 Å². The molecule has 3 aliphatic heterocycles. The van der Waals surface area contributed by atoms with E-state index in [9.17, 15) is 19.5 Å². The van der Waals surface area contributed by atoms with Crippen LogP contribution in [-0.2, 0) is 19.1 Å². The van der Waals surface area contributed by atoms with Gasteiger partial charge in [0, 0.05) is 24.3 Å². The monoisotopic (exact) mass is 623 g/mol. The Bertz CT molecular complexity index is 1300. The maximum Gasteiger partial charge on any atom is 0.249 e. The van der Waals surface area contributed by atoms with Crippen LogP contribution in [0.2, 0.25) is 0 Å². The second-order valence-corrected chi connectivity index (χ2v) is 15.0. The number of benzene rings is 1. The highest BCUT2D eigenvalue weighted by molar-refractivity contribution is 6.03. The van der Waals surface area contributed by atoms with E-state index < -0.39 is 40.7 Å². The van der Waals surface area contributed by atoms with Crippen molar-refractivity contribution < 1.29 is 29.0 Å². The van der Waals surface area contributed by atoms with Crippen LogP contribution >= 0.6 is 0 Å². The van der Waals surface area contributed by atoms with Crippen LogP contribution in [0.3, 0.4) is 0 Å². The van der Waals surface area contributed by atoms with Gasteiger partial charge in [-0.1, -0.05) is 32.9 Å². The van der Waals surface area contributed by atoms with E-state index in [1.807, 2.05) is 52.0 Å². The van der Waals surface area contributed by atoms with E-state index in [-0.39, 0.29) is 36.3 Å². The molecule has 2 unspecified atom stereocenters. The zero-order valence-electron chi connectivity index (χ0n) is 28.5. The summed E-state index contributed by atoms with van der Waals surface area (Å²) in [6.07, 6.45) is 5.06. The molecular formula is C36H53N3O6. The van der Waals surface area contributed by atoms with Gasteiger partial charge in [-0.2, -0.15) is 0 Å². The van der Waals surface area contributed by atoms with E-state index in [0.29, 0.717) is 43.9 Å². The van der Waals surface area contributed by atoms with Gasteiger partial charge in [0.2, 0.25) is 17.7 Å². The van der Waals surface area contributed by atoms with Crippen LogP contribution in [0.5, 0.6) is 5.75 Å². The number of aliphatic hydroxyl groups excluding tert-OH is 1. The van der Waals surface area contributed by atoms with Crippen molar-refractivity contribution in [1.29, 1.82) is 0 Å². The Hall–Kier alpha value is -3.17. The van der Waals surface area contributed by atoms with Crippen molar-refractivity contribution in [1.82, 2.24) is 9.80 Å². The minimum Gasteiger partial charge on any atom is -0.494 e. The fourth-order valence-electron chi connectivity index (χ4n) is 8.40. The Labute approximate surface area is 269 Å². The molecule has 9 nitrogen and oxygen atoms in total. The largest absolute Gasteiger partial charge is 0.494 e. The topological polar surface area (TPSA) is 99.6 Å². The molecule has 45 heavy (non-hydrogen) atoms. The van der Waals surface area contributed by atoms with E-state index in [1.165, 1.54) is 4.90 Å². The molecule has 0 radical (unpaired) electrons. The summed E-state index contributed by atoms with van der Waals surface area (Å²) in [5.41, 5.74) is -2.14. The molecule has 0 aromatic heterocycles. The normalized spacial score (nSPS) is 28.1. The molecule has 4 rings (SSSR count). The summed E-state index contributed by atoms with van der Waals surface area (Å²) in [5, 5.41) is 10.3. The predicted molar refractivity (Wildman–Crippen MR) is 176 cm³/mol. The van der Waals surface area contributed by atoms with Crippen molar-refractivity contribution in [2.24, 2.45) is 17.3 Å². The smallest absolute Gasteiger partial charge is 0.249 e. The van der Waals surface area contributed by atoms with Crippen molar-refractivity contribution in [3.8, 4) is 5.75 Å². The van der Waals surface area contributed by atoms with Crippen LogP contribution in [-0.4, -0.2) is 87.8 Å². The van der Waals surface area contributed by atoms with Crippen LogP contribution in [0.4, 0.5) is 5.69 Å². The number of carbonyl (C=O) groups excluding carboxylic acids is 3. The highest BCUT2D eigenvalue weighted by atomic mass is 16.5. The fraction of sp³-hybridized carbons (Fsp3) is 0.639. The van der Waals surface area contributed by atoms with E-state index in [2.05, 4.69) is 33.9 Å². The minimum atomic E-state index is -1.21. The maximum absolute atomic E-state index is 14.9. The Morgan fingerprint density at radius 3 is 2.27 bits per heavy atom. The molecular weight excluding hydrogens is 570 g/mol. The number of fused-ring (bicyclic) bond motifs is 1. The lowest BCUT2D eigenvalue weighted by atomic mass is 9.65. The Morgan fingerprint density at radius 1 is 1.11 bits per heavy atom. The summed E-state index contributed by atoms with van der Waals surface area (Å²) in [5.74, 6) is -1.82. The number of amides is 3. The molecule has 0 aliphatic carbocycles. The van der Waals surface area contributed by atoms with Crippen molar-refractivity contribution >= 4 is 23.4 Å². The van der Waals surface area contributed by atoms with Crippen LogP contribution in [0.1, 0.15) is 74.7 Å². The SMILES string of the molecule is C=CCN(C(=O)[C@@H]1[C@H]2C(=O)N([C@H](C)CO)C(C(=O)N(CC=C)C(C)(C)CC(C)(C)C)C23CC[C@@]1(C)O3)c1ccc(OCC)cc1. The van der Waals surface area contributed by atoms with Crippen LogP contribution in [0.25, 0.3) is 0 Å². The van der Waals surface area contributed by atoms with Gasteiger partial charge in [-0.15, -0.1) is 13.2 Å².